The molecular formula is C14H10BrFN2O5. The highest BCUT2D eigenvalue weighted by Crippen LogP contribution is 2.19. The number of carbonyl (C=O) groups is 1. The van der Waals surface area contributed by atoms with Gasteiger partial charge in [-0.05, 0) is 17.7 Å². The van der Waals surface area contributed by atoms with Crippen LogP contribution in [0.2, 0.25) is 0 Å². The maximum Gasteiger partial charge on any atom is 0.339 e. The standard InChI is InChI=1S/C14H10BrFN2O5/c1-23-14(20)9-4-12(18(21)22)13(19)17(7-9)6-8-2-3-10(16)5-11(8)15/h2-5,7H,6H2,1H3. The minimum Gasteiger partial charge on any atom is -0.465 e. The number of carbonyl (C=O) groups excluding carboxylic acids is 1. The van der Waals surface area contributed by atoms with Crippen LogP contribution in [-0.4, -0.2) is 22.6 Å². The van der Waals surface area contributed by atoms with Crippen LogP contribution in [0.25, 0.3) is 0 Å². The highest BCUT2D eigenvalue weighted by Gasteiger charge is 2.20. The third-order valence-corrected chi connectivity index (χ3v) is 3.78. The van der Waals surface area contributed by atoms with Gasteiger partial charge in [-0.2, -0.15) is 0 Å². The number of nitro groups is 1. The van der Waals surface area contributed by atoms with Crippen molar-refractivity contribution >= 4 is 27.6 Å². The number of benzene rings is 1. The van der Waals surface area contributed by atoms with E-state index < -0.39 is 28.0 Å². The lowest BCUT2D eigenvalue weighted by molar-refractivity contribution is -0.386. The number of esters is 1. The fraction of sp³-hybridized carbons (Fsp3) is 0.143. The number of hydrogen-bond donors (Lipinski definition) is 0. The van der Waals surface area contributed by atoms with Crippen LogP contribution < -0.4 is 5.56 Å². The molecule has 2 rings (SSSR count). The van der Waals surface area contributed by atoms with Gasteiger partial charge < -0.3 is 9.30 Å². The van der Waals surface area contributed by atoms with Crippen molar-refractivity contribution in [3.05, 3.63) is 72.3 Å². The molecule has 9 heteroatoms. The largest absolute Gasteiger partial charge is 0.465 e. The fourth-order valence-electron chi connectivity index (χ4n) is 1.93. The van der Waals surface area contributed by atoms with Crippen molar-refractivity contribution in [2.75, 3.05) is 7.11 Å². The molecule has 23 heavy (non-hydrogen) atoms. The Kier molecular flexibility index (Phi) is 4.89. The fourth-order valence-corrected chi connectivity index (χ4v) is 2.41. The molecule has 0 amide bonds. The lowest BCUT2D eigenvalue weighted by Gasteiger charge is -2.09. The molecule has 0 N–H and O–H groups in total. The third kappa shape index (κ3) is 3.62. The van der Waals surface area contributed by atoms with Crippen LogP contribution in [0.1, 0.15) is 15.9 Å². The van der Waals surface area contributed by atoms with Gasteiger partial charge in [0.2, 0.25) is 0 Å². The van der Waals surface area contributed by atoms with Gasteiger partial charge in [-0.25, -0.2) is 9.18 Å². The normalized spacial score (nSPS) is 10.4. The molecule has 1 aromatic carbocycles. The Bertz CT molecular complexity index is 850. The molecule has 1 heterocycles. The highest BCUT2D eigenvalue weighted by atomic mass is 79.9. The number of rotatable bonds is 4. The number of hydrogen-bond acceptors (Lipinski definition) is 5. The molecule has 120 valence electrons. The summed E-state index contributed by atoms with van der Waals surface area (Å²) in [5.74, 6) is -1.28. The summed E-state index contributed by atoms with van der Waals surface area (Å²) >= 11 is 3.16. The summed E-state index contributed by atoms with van der Waals surface area (Å²) in [4.78, 5) is 33.8. The molecule has 0 fully saturated rings. The summed E-state index contributed by atoms with van der Waals surface area (Å²) in [6.45, 7) is -0.0780. The highest BCUT2D eigenvalue weighted by molar-refractivity contribution is 9.10. The van der Waals surface area contributed by atoms with Gasteiger partial charge in [0.1, 0.15) is 5.82 Å². The molecule has 0 radical (unpaired) electrons. The minimum atomic E-state index is -0.876. The average molecular weight is 385 g/mol. The maximum absolute atomic E-state index is 13.1. The lowest BCUT2D eigenvalue weighted by atomic mass is 10.2. The molecule has 0 saturated heterocycles. The average Bonchev–Trinajstić information content (AvgIpc) is 2.50. The molecule has 2 aromatic rings. The van der Waals surface area contributed by atoms with E-state index in [1.54, 1.807) is 0 Å². The second kappa shape index (κ2) is 6.69. The molecule has 0 spiro atoms. The van der Waals surface area contributed by atoms with Gasteiger partial charge in [-0.15, -0.1) is 0 Å². The molecular weight excluding hydrogens is 375 g/mol. The van der Waals surface area contributed by atoms with Gasteiger partial charge in [0.15, 0.2) is 0 Å². The SMILES string of the molecule is COC(=O)c1cc([N+](=O)[O-])c(=O)n(Cc2ccc(F)cc2Br)c1. The smallest absolute Gasteiger partial charge is 0.339 e. The predicted molar refractivity (Wildman–Crippen MR) is 81.9 cm³/mol. The van der Waals surface area contributed by atoms with E-state index in [-0.39, 0.29) is 12.1 Å². The van der Waals surface area contributed by atoms with Crippen molar-refractivity contribution in [1.29, 1.82) is 0 Å². The van der Waals surface area contributed by atoms with Crippen LogP contribution in [0.4, 0.5) is 10.1 Å². The Balaban J connectivity index is 2.56. The quantitative estimate of drug-likeness (QED) is 0.458. The molecule has 0 atom stereocenters. The number of nitrogens with zero attached hydrogens (tertiary/aromatic N) is 2. The summed E-state index contributed by atoms with van der Waals surface area (Å²) in [5.41, 5.74) is -1.23. The predicted octanol–water partition coefficient (Wildman–Crippen LogP) is 2.49. The maximum atomic E-state index is 13.1. The van der Waals surface area contributed by atoms with Crippen molar-refractivity contribution < 1.29 is 18.8 Å². The Labute approximate surface area is 137 Å². The second-order valence-electron chi connectivity index (χ2n) is 4.53. The van der Waals surface area contributed by atoms with Gasteiger partial charge in [0.05, 0.1) is 24.1 Å². The van der Waals surface area contributed by atoms with E-state index in [4.69, 9.17) is 0 Å². The Hall–Kier alpha value is -2.55. The minimum absolute atomic E-state index is 0.0780. The van der Waals surface area contributed by atoms with E-state index in [0.29, 0.717) is 10.0 Å². The molecule has 0 aliphatic rings. The first-order chi connectivity index (χ1) is 10.8. The molecule has 7 nitrogen and oxygen atoms in total. The molecule has 0 bridgehead atoms. The van der Waals surface area contributed by atoms with Gasteiger partial charge in [-0.3, -0.25) is 14.9 Å². The van der Waals surface area contributed by atoms with E-state index in [1.807, 2.05) is 0 Å². The van der Waals surface area contributed by atoms with E-state index in [9.17, 15) is 24.1 Å². The van der Waals surface area contributed by atoms with E-state index in [2.05, 4.69) is 20.7 Å². The Morgan fingerprint density at radius 3 is 2.70 bits per heavy atom. The van der Waals surface area contributed by atoms with E-state index in [0.717, 1.165) is 23.9 Å². The third-order valence-electron chi connectivity index (χ3n) is 3.04. The second-order valence-corrected chi connectivity index (χ2v) is 5.39. The number of halogens is 2. The zero-order chi connectivity index (χ0) is 17.1. The summed E-state index contributed by atoms with van der Waals surface area (Å²) in [6.07, 6.45) is 1.16. The summed E-state index contributed by atoms with van der Waals surface area (Å²) in [6, 6.07) is 4.70. The number of ether oxygens (including phenoxy) is 1. The topological polar surface area (TPSA) is 91.4 Å². The number of pyridine rings is 1. The monoisotopic (exact) mass is 384 g/mol. The van der Waals surface area contributed by atoms with Gasteiger partial charge in [0, 0.05) is 16.7 Å². The van der Waals surface area contributed by atoms with E-state index >= 15 is 0 Å². The van der Waals surface area contributed by atoms with Crippen molar-refractivity contribution in [1.82, 2.24) is 4.57 Å². The van der Waals surface area contributed by atoms with Crippen molar-refractivity contribution in [3.8, 4) is 0 Å². The van der Waals surface area contributed by atoms with Crippen LogP contribution in [0, 0.1) is 15.9 Å². The van der Waals surface area contributed by atoms with E-state index in [1.165, 1.54) is 18.2 Å². The molecule has 1 aromatic heterocycles. The van der Waals surface area contributed by atoms with Crippen LogP contribution in [0.5, 0.6) is 0 Å². The first-order valence-electron chi connectivity index (χ1n) is 6.24. The zero-order valence-corrected chi connectivity index (χ0v) is 13.4. The van der Waals surface area contributed by atoms with Crippen LogP contribution in [0.15, 0.2) is 39.7 Å². The van der Waals surface area contributed by atoms with Crippen molar-refractivity contribution in [2.24, 2.45) is 0 Å². The zero-order valence-electron chi connectivity index (χ0n) is 11.8. The lowest BCUT2D eigenvalue weighted by Crippen LogP contribution is -2.24. The Morgan fingerprint density at radius 1 is 1.43 bits per heavy atom. The summed E-state index contributed by atoms with van der Waals surface area (Å²) in [5, 5.41) is 11.0. The first kappa shape index (κ1) is 16.8. The van der Waals surface area contributed by atoms with Crippen LogP contribution in [-0.2, 0) is 11.3 Å². The number of aromatic nitrogens is 1. The Morgan fingerprint density at radius 2 is 2.13 bits per heavy atom. The van der Waals surface area contributed by atoms with Crippen molar-refractivity contribution in [3.63, 3.8) is 0 Å². The van der Waals surface area contributed by atoms with Gasteiger partial charge >= 0.3 is 17.2 Å². The molecule has 0 saturated carbocycles. The summed E-state index contributed by atoms with van der Waals surface area (Å²) < 4.78 is 19.0. The number of methoxy groups -OCH3 is 1. The molecule has 0 aliphatic heterocycles. The summed E-state index contributed by atoms with van der Waals surface area (Å²) in [7, 11) is 1.13. The molecule has 0 aliphatic carbocycles. The van der Waals surface area contributed by atoms with Gasteiger partial charge in [-0.1, -0.05) is 22.0 Å². The van der Waals surface area contributed by atoms with Crippen LogP contribution in [0.3, 0.4) is 0 Å². The molecule has 0 unspecified atom stereocenters. The van der Waals surface area contributed by atoms with Gasteiger partial charge in [0.25, 0.3) is 0 Å². The van der Waals surface area contributed by atoms with Crippen molar-refractivity contribution in [2.45, 2.75) is 6.54 Å². The van der Waals surface area contributed by atoms with Crippen LogP contribution >= 0.6 is 15.9 Å². The first-order valence-corrected chi connectivity index (χ1v) is 7.04.